The van der Waals surface area contributed by atoms with Gasteiger partial charge in [0.15, 0.2) is 10.7 Å². The van der Waals surface area contributed by atoms with Crippen LogP contribution in [0.5, 0.6) is 5.75 Å². The minimum Gasteiger partial charge on any atom is -0.507 e. The zero-order valence-electron chi connectivity index (χ0n) is 16.4. The number of phenols is 1. The van der Waals surface area contributed by atoms with Crippen LogP contribution in [-0.2, 0) is 0 Å². The summed E-state index contributed by atoms with van der Waals surface area (Å²) in [6.07, 6.45) is 7.72. The van der Waals surface area contributed by atoms with Crippen molar-refractivity contribution >= 4 is 34.0 Å². The van der Waals surface area contributed by atoms with Crippen molar-refractivity contribution in [2.75, 3.05) is 0 Å². The number of rotatable bonds is 3. The molecule has 4 aliphatic carbocycles. The van der Waals surface area contributed by atoms with E-state index in [-0.39, 0.29) is 11.3 Å². The van der Waals surface area contributed by atoms with Crippen molar-refractivity contribution in [1.82, 2.24) is 10.7 Å². The van der Waals surface area contributed by atoms with Gasteiger partial charge in [0.1, 0.15) is 5.75 Å². The first-order chi connectivity index (χ1) is 13.9. The summed E-state index contributed by atoms with van der Waals surface area (Å²) in [6.45, 7) is 1.75. The van der Waals surface area contributed by atoms with E-state index >= 15 is 0 Å². The van der Waals surface area contributed by atoms with Gasteiger partial charge in [-0.2, -0.15) is 5.10 Å². The van der Waals surface area contributed by atoms with E-state index in [0.717, 1.165) is 23.1 Å². The van der Waals surface area contributed by atoms with E-state index in [1.807, 2.05) is 0 Å². The van der Waals surface area contributed by atoms with Crippen molar-refractivity contribution in [2.24, 2.45) is 22.9 Å². The number of fused-ring (bicyclic) bond motifs is 1. The molecule has 6 nitrogen and oxygen atoms in total. The molecule has 7 heteroatoms. The van der Waals surface area contributed by atoms with Crippen LogP contribution in [-0.4, -0.2) is 21.5 Å². The highest BCUT2D eigenvalue weighted by Gasteiger charge is 2.51. The van der Waals surface area contributed by atoms with Gasteiger partial charge < -0.3 is 14.8 Å². The number of hydrogen-bond donors (Lipinski definition) is 3. The second-order valence-electron chi connectivity index (χ2n) is 9.09. The molecule has 4 fully saturated rings. The van der Waals surface area contributed by atoms with Gasteiger partial charge in [-0.3, -0.25) is 5.43 Å². The van der Waals surface area contributed by atoms with Gasteiger partial charge in [0.05, 0.1) is 11.3 Å². The normalized spacial score (nSPS) is 30.5. The number of thiocarbonyl (C=S) groups is 1. The fraction of sp³-hybridized carbons (Fsp3) is 0.500. The average molecular weight is 412 g/mol. The van der Waals surface area contributed by atoms with E-state index in [1.165, 1.54) is 44.6 Å². The highest BCUT2D eigenvalue weighted by atomic mass is 32.1. The van der Waals surface area contributed by atoms with Crippen LogP contribution in [0.4, 0.5) is 0 Å². The van der Waals surface area contributed by atoms with E-state index in [4.69, 9.17) is 16.6 Å². The molecule has 4 aliphatic rings. The fourth-order valence-corrected chi connectivity index (χ4v) is 6.46. The third-order valence-corrected chi connectivity index (χ3v) is 7.07. The van der Waals surface area contributed by atoms with Gasteiger partial charge in [0.2, 0.25) is 0 Å². The molecule has 0 saturated heterocycles. The Balaban J connectivity index is 1.35. The first-order valence-electron chi connectivity index (χ1n) is 10.3. The second kappa shape index (κ2) is 6.83. The smallest absolute Gasteiger partial charge is 0.336 e. The van der Waals surface area contributed by atoms with E-state index in [1.54, 1.807) is 25.1 Å². The molecule has 0 aliphatic heterocycles. The second-order valence-corrected chi connectivity index (χ2v) is 9.50. The molecule has 29 heavy (non-hydrogen) atoms. The molecule has 3 N–H and O–H groups in total. The number of phenolic OH excluding ortho intramolecular Hbond substituents is 1. The molecule has 0 radical (unpaired) electrons. The molecular formula is C22H25N3O3S. The maximum atomic E-state index is 11.7. The van der Waals surface area contributed by atoms with Crippen molar-refractivity contribution in [1.29, 1.82) is 0 Å². The molecular weight excluding hydrogens is 386 g/mol. The summed E-state index contributed by atoms with van der Waals surface area (Å²) in [5, 5.41) is 19.5. The number of hydrazone groups is 1. The standard InChI is InChI=1S/C22H25N3O3S/c1-12(19-17(26)4-2-16-3-5-18(27)28-20(16)19)24-25-21(29)23-22-9-13-6-14(10-22)8-15(7-13)11-22/h2-5,13-15,26H,6-11H2,1H3,(H2,23,25,29)/b24-12+. The molecule has 0 unspecified atom stereocenters. The van der Waals surface area contributed by atoms with Gasteiger partial charge >= 0.3 is 5.63 Å². The summed E-state index contributed by atoms with van der Waals surface area (Å²) >= 11 is 5.54. The van der Waals surface area contributed by atoms with Crippen molar-refractivity contribution in [3.05, 3.63) is 40.2 Å². The van der Waals surface area contributed by atoms with Gasteiger partial charge in [-0.1, -0.05) is 0 Å². The monoisotopic (exact) mass is 411 g/mol. The molecule has 1 aromatic heterocycles. The molecule has 6 rings (SSSR count). The van der Waals surface area contributed by atoms with Gasteiger partial charge in [0.25, 0.3) is 0 Å². The van der Waals surface area contributed by atoms with E-state index in [0.29, 0.717) is 22.0 Å². The van der Waals surface area contributed by atoms with Crippen LogP contribution in [0, 0.1) is 17.8 Å². The Bertz CT molecular complexity index is 1040. The summed E-state index contributed by atoms with van der Waals surface area (Å²) in [6, 6.07) is 6.31. The lowest BCUT2D eigenvalue weighted by molar-refractivity contribution is -0.0101. The Labute approximate surface area is 174 Å². The Kier molecular flexibility index (Phi) is 4.38. The SMILES string of the molecule is C/C(=N\NC(=S)NC12CC3CC(CC(C3)C1)C2)c1c(O)ccc2ccc(=O)oc12. The van der Waals surface area contributed by atoms with Crippen molar-refractivity contribution in [2.45, 2.75) is 51.0 Å². The Morgan fingerprint density at radius 3 is 2.41 bits per heavy atom. The van der Waals surface area contributed by atoms with Gasteiger partial charge in [-0.25, -0.2) is 4.79 Å². The molecule has 1 aromatic carbocycles. The van der Waals surface area contributed by atoms with Crippen LogP contribution in [0.2, 0.25) is 0 Å². The predicted octanol–water partition coefficient (Wildman–Crippen LogP) is 3.66. The van der Waals surface area contributed by atoms with Crippen molar-refractivity contribution < 1.29 is 9.52 Å². The zero-order chi connectivity index (χ0) is 20.2. The largest absolute Gasteiger partial charge is 0.507 e. The lowest BCUT2D eigenvalue weighted by atomic mass is 9.53. The molecule has 2 aromatic rings. The quantitative estimate of drug-likeness (QED) is 0.309. The average Bonchev–Trinajstić information content (AvgIpc) is 2.64. The lowest BCUT2D eigenvalue weighted by Crippen LogP contribution is -2.61. The van der Waals surface area contributed by atoms with Crippen LogP contribution in [0.1, 0.15) is 51.0 Å². The fourth-order valence-electron chi connectivity index (χ4n) is 6.19. The predicted molar refractivity (Wildman–Crippen MR) is 116 cm³/mol. The summed E-state index contributed by atoms with van der Waals surface area (Å²) < 4.78 is 5.32. The molecule has 1 heterocycles. The first-order valence-corrected chi connectivity index (χ1v) is 10.7. The minimum absolute atomic E-state index is 0.00913. The Morgan fingerprint density at radius 2 is 1.76 bits per heavy atom. The summed E-state index contributed by atoms with van der Waals surface area (Å²) in [5.41, 5.74) is 3.79. The Hall–Kier alpha value is -2.41. The van der Waals surface area contributed by atoms with Gasteiger partial charge in [0, 0.05) is 17.0 Å². The van der Waals surface area contributed by atoms with E-state index in [2.05, 4.69) is 15.8 Å². The van der Waals surface area contributed by atoms with Crippen LogP contribution in [0.3, 0.4) is 0 Å². The number of nitrogens with zero attached hydrogens (tertiary/aromatic N) is 1. The third kappa shape index (κ3) is 3.41. The molecule has 152 valence electrons. The van der Waals surface area contributed by atoms with Gasteiger partial charge in [-0.15, -0.1) is 0 Å². The number of benzene rings is 1. The van der Waals surface area contributed by atoms with Crippen LogP contribution in [0.25, 0.3) is 11.0 Å². The van der Waals surface area contributed by atoms with Crippen LogP contribution < -0.4 is 16.4 Å². The molecule has 4 saturated carbocycles. The topological polar surface area (TPSA) is 86.9 Å². The summed E-state index contributed by atoms with van der Waals surface area (Å²) in [5.74, 6) is 2.50. The molecule has 0 atom stereocenters. The highest BCUT2D eigenvalue weighted by Crippen LogP contribution is 2.55. The zero-order valence-corrected chi connectivity index (χ0v) is 17.2. The maximum Gasteiger partial charge on any atom is 0.336 e. The van der Waals surface area contributed by atoms with Crippen molar-refractivity contribution in [3.63, 3.8) is 0 Å². The van der Waals surface area contributed by atoms with Crippen LogP contribution >= 0.6 is 12.2 Å². The van der Waals surface area contributed by atoms with E-state index < -0.39 is 5.63 Å². The van der Waals surface area contributed by atoms with E-state index in [9.17, 15) is 9.90 Å². The summed E-state index contributed by atoms with van der Waals surface area (Å²) in [7, 11) is 0. The highest BCUT2D eigenvalue weighted by molar-refractivity contribution is 7.80. The number of aromatic hydroxyl groups is 1. The lowest BCUT2D eigenvalue weighted by Gasteiger charge is -2.57. The first kappa shape index (κ1) is 18.6. The molecule has 4 bridgehead atoms. The molecule has 0 spiro atoms. The third-order valence-electron chi connectivity index (χ3n) is 6.87. The number of nitrogens with one attached hydrogen (secondary N) is 2. The minimum atomic E-state index is -0.468. The van der Waals surface area contributed by atoms with Crippen LogP contribution in [0.15, 0.2) is 38.6 Å². The van der Waals surface area contributed by atoms with Crippen molar-refractivity contribution in [3.8, 4) is 5.75 Å². The van der Waals surface area contributed by atoms with Gasteiger partial charge in [-0.05, 0) is 93.6 Å². The maximum absolute atomic E-state index is 11.7. The molecule has 0 amide bonds. The Morgan fingerprint density at radius 1 is 1.14 bits per heavy atom. The number of hydrogen-bond acceptors (Lipinski definition) is 5. The summed E-state index contributed by atoms with van der Waals surface area (Å²) in [4.78, 5) is 11.7.